The summed E-state index contributed by atoms with van der Waals surface area (Å²) in [5.41, 5.74) is -2.89. The van der Waals surface area contributed by atoms with Crippen LogP contribution in [0.25, 0.3) is 10.9 Å². The highest BCUT2D eigenvalue weighted by atomic mass is 35.5. The molecule has 176 valence electrons. The highest BCUT2D eigenvalue weighted by Gasteiger charge is 2.53. The lowest BCUT2D eigenvalue weighted by molar-refractivity contribution is -0.232. The number of H-pyrrole nitrogens is 1. The maximum absolute atomic E-state index is 14.0. The normalized spacial score (nSPS) is 15.0. The molecule has 0 radical (unpaired) electrons. The minimum Gasteiger partial charge on any atom is -0.495 e. The Morgan fingerprint density at radius 3 is 2.58 bits per heavy atom. The molecule has 2 aromatic carbocycles. The Hall–Kier alpha value is -2.91. The second-order valence-corrected chi connectivity index (χ2v) is 7.91. The van der Waals surface area contributed by atoms with E-state index in [0.29, 0.717) is 17.1 Å². The fourth-order valence-electron chi connectivity index (χ4n) is 3.63. The van der Waals surface area contributed by atoms with Crippen molar-refractivity contribution >= 4 is 34.4 Å². The van der Waals surface area contributed by atoms with Crippen LogP contribution in [-0.2, 0) is 0 Å². The van der Waals surface area contributed by atoms with Gasteiger partial charge >= 0.3 is 6.18 Å². The number of aliphatic imine (C=N–C) groups is 1. The number of fused-ring (bicyclic) bond motifs is 1. The van der Waals surface area contributed by atoms with Crippen LogP contribution in [0.1, 0.15) is 31.2 Å². The van der Waals surface area contributed by atoms with Crippen molar-refractivity contribution in [3.8, 4) is 5.75 Å². The average molecular weight is 485 g/mol. The molecule has 0 spiro atoms. The Kier molecular flexibility index (Phi) is 7.14. The van der Waals surface area contributed by atoms with Gasteiger partial charge in [-0.2, -0.15) is 13.2 Å². The predicted octanol–water partition coefficient (Wildman–Crippen LogP) is 5.91. The van der Waals surface area contributed by atoms with Gasteiger partial charge in [-0.15, -0.1) is 0 Å². The van der Waals surface area contributed by atoms with Crippen molar-refractivity contribution in [3.05, 3.63) is 69.2 Å². The third-order valence-electron chi connectivity index (χ3n) is 5.43. The number of hydrogen-bond acceptors (Lipinski definition) is 4. The van der Waals surface area contributed by atoms with Gasteiger partial charge < -0.3 is 14.8 Å². The van der Waals surface area contributed by atoms with E-state index in [1.807, 2.05) is 0 Å². The van der Waals surface area contributed by atoms with Crippen LogP contribution in [0.4, 0.5) is 23.2 Å². The molecule has 10 heteroatoms. The first-order valence-electron chi connectivity index (χ1n) is 9.99. The molecule has 2 atom stereocenters. The van der Waals surface area contributed by atoms with Gasteiger partial charge in [0.2, 0.25) is 5.56 Å². The van der Waals surface area contributed by atoms with Gasteiger partial charge in [-0.3, -0.25) is 9.79 Å². The topological polar surface area (TPSA) is 74.7 Å². The number of methoxy groups -OCH3 is 1. The summed E-state index contributed by atoms with van der Waals surface area (Å²) >= 11 is 5.93. The lowest BCUT2D eigenvalue weighted by Gasteiger charge is -2.31. The highest BCUT2D eigenvalue weighted by molar-refractivity contribution is 6.32. The zero-order valence-corrected chi connectivity index (χ0v) is 18.5. The molecule has 5 nitrogen and oxygen atoms in total. The number of hydrogen-bond donors (Lipinski definition) is 2. The van der Waals surface area contributed by atoms with Crippen LogP contribution in [0.2, 0.25) is 5.02 Å². The summed E-state index contributed by atoms with van der Waals surface area (Å²) in [5, 5.41) is 10.8. The number of pyridine rings is 1. The molecule has 1 aromatic heterocycles. The van der Waals surface area contributed by atoms with Crippen molar-refractivity contribution in [3.63, 3.8) is 0 Å². The quantitative estimate of drug-likeness (QED) is 0.323. The molecule has 3 aromatic rings. The number of rotatable bonds is 7. The smallest absolute Gasteiger partial charge is 0.422 e. The van der Waals surface area contributed by atoms with Gasteiger partial charge in [-0.1, -0.05) is 30.7 Å². The molecule has 3 rings (SSSR count). The van der Waals surface area contributed by atoms with Crippen LogP contribution in [0, 0.1) is 5.82 Å². The number of aliphatic hydroxyl groups is 1. The van der Waals surface area contributed by atoms with Gasteiger partial charge in [0.05, 0.1) is 18.3 Å². The van der Waals surface area contributed by atoms with E-state index in [1.165, 1.54) is 37.4 Å². The number of benzene rings is 2. The summed E-state index contributed by atoms with van der Waals surface area (Å²) in [7, 11) is 1.24. The summed E-state index contributed by atoms with van der Waals surface area (Å²) in [5.74, 6) is -1.73. The Morgan fingerprint density at radius 1 is 1.21 bits per heavy atom. The minimum atomic E-state index is -5.06. The maximum Gasteiger partial charge on any atom is 0.422 e. The van der Waals surface area contributed by atoms with Crippen molar-refractivity contribution in [2.75, 3.05) is 7.11 Å². The first kappa shape index (κ1) is 24.7. The number of aromatic nitrogens is 1. The molecule has 1 heterocycles. The second-order valence-electron chi connectivity index (χ2n) is 7.53. The number of halogens is 5. The van der Waals surface area contributed by atoms with Gasteiger partial charge in [-0.25, -0.2) is 4.39 Å². The monoisotopic (exact) mass is 484 g/mol. The summed E-state index contributed by atoms with van der Waals surface area (Å²) in [6.07, 6.45) is -5.22. The van der Waals surface area contributed by atoms with Gasteiger partial charge in [0.25, 0.3) is 0 Å². The lowest BCUT2D eigenvalue weighted by Crippen LogP contribution is -2.47. The van der Waals surface area contributed by atoms with Gasteiger partial charge in [0.1, 0.15) is 16.6 Å². The molecule has 0 bridgehead atoms. The molecular formula is C23H21ClF4N2O3. The zero-order valence-electron chi connectivity index (χ0n) is 17.7. The van der Waals surface area contributed by atoms with Crippen molar-refractivity contribution in [1.82, 2.24) is 4.98 Å². The number of aromatic amines is 1. The molecule has 33 heavy (non-hydrogen) atoms. The van der Waals surface area contributed by atoms with Crippen molar-refractivity contribution in [2.45, 2.75) is 37.5 Å². The van der Waals surface area contributed by atoms with E-state index >= 15 is 0 Å². The molecule has 0 aliphatic carbocycles. The zero-order chi connectivity index (χ0) is 24.4. The van der Waals surface area contributed by atoms with E-state index in [-0.39, 0.29) is 34.0 Å². The van der Waals surface area contributed by atoms with E-state index < -0.39 is 29.9 Å². The molecular weight excluding hydrogens is 464 g/mol. The summed E-state index contributed by atoms with van der Waals surface area (Å²) < 4.78 is 61.0. The fraction of sp³-hybridized carbons (Fsp3) is 0.304. The fourth-order valence-corrected chi connectivity index (χ4v) is 3.88. The van der Waals surface area contributed by atoms with E-state index in [4.69, 9.17) is 16.3 Å². The summed E-state index contributed by atoms with van der Waals surface area (Å²) in [6, 6.07) is 9.58. The SMILES string of the molecule is CC[C@H](C[C@@](O)(/C=N/c1cccc2[nH]c(=O)ccc12)C(F)(F)F)c1ccc(F)c(Cl)c1OC. The van der Waals surface area contributed by atoms with Crippen LogP contribution < -0.4 is 10.3 Å². The molecule has 0 amide bonds. The number of alkyl halides is 3. The number of nitrogens with zero attached hydrogens (tertiary/aromatic N) is 1. The molecule has 0 fully saturated rings. The Balaban J connectivity index is 2.04. The predicted molar refractivity (Wildman–Crippen MR) is 119 cm³/mol. The first-order chi connectivity index (χ1) is 15.5. The van der Waals surface area contributed by atoms with Gasteiger partial charge in [0, 0.05) is 17.7 Å². The van der Waals surface area contributed by atoms with Gasteiger partial charge in [0.15, 0.2) is 5.60 Å². The summed E-state index contributed by atoms with van der Waals surface area (Å²) in [6.45, 7) is 1.64. The molecule has 2 N–H and O–H groups in total. The van der Waals surface area contributed by atoms with Gasteiger partial charge in [-0.05, 0) is 48.6 Å². The van der Waals surface area contributed by atoms with Crippen LogP contribution in [0.3, 0.4) is 0 Å². The molecule has 0 aliphatic rings. The molecule has 0 aliphatic heterocycles. The largest absolute Gasteiger partial charge is 0.495 e. The van der Waals surface area contributed by atoms with Crippen LogP contribution in [-0.4, -0.2) is 35.2 Å². The first-order valence-corrected chi connectivity index (χ1v) is 10.4. The maximum atomic E-state index is 14.0. The molecule has 0 saturated carbocycles. The summed E-state index contributed by atoms with van der Waals surface area (Å²) in [4.78, 5) is 18.0. The van der Waals surface area contributed by atoms with Crippen molar-refractivity contribution in [1.29, 1.82) is 0 Å². The minimum absolute atomic E-state index is 0.0806. The Morgan fingerprint density at radius 2 is 1.94 bits per heavy atom. The van der Waals surface area contributed by atoms with E-state index in [2.05, 4.69) is 9.98 Å². The third kappa shape index (κ3) is 5.04. The van der Waals surface area contributed by atoms with Crippen molar-refractivity contribution < 1.29 is 27.4 Å². The second kappa shape index (κ2) is 9.52. The average Bonchev–Trinajstić information content (AvgIpc) is 2.76. The van der Waals surface area contributed by atoms with Crippen LogP contribution in [0.5, 0.6) is 5.75 Å². The molecule has 0 unspecified atom stereocenters. The Labute approximate surface area is 191 Å². The van der Waals surface area contributed by atoms with Crippen LogP contribution in [0.15, 0.2) is 52.3 Å². The van der Waals surface area contributed by atoms with Crippen molar-refractivity contribution in [2.24, 2.45) is 4.99 Å². The standard InChI is InChI=1S/C23H21ClF4N2O3/c1-3-13(14-7-9-16(25)20(24)21(14)33-2)11-22(32,23(26,27)28)12-29-17-5-4-6-18-15(17)8-10-19(31)30-18/h4-10,12-13,32H,3,11H2,1-2H3,(H,30,31)/b29-12+/t13-,22-/m1/s1. The van der Waals surface area contributed by atoms with E-state index in [1.54, 1.807) is 13.0 Å². The Bertz CT molecular complexity index is 1240. The van der Waals surface area contributed by atoms with Crippen LogP contribution >= 0.6 is 11.6 Å². The molecule has 0 saturated heterocycles. The number of ether oxygens (including phenoxy) is 1. The van der Waals surface area contributed by atoms with E-state index in [0.717, 1.165) is 6.07 Å². The lowest BCUT2D eigenvalue weighted by atomic mass is 9.84. The number of nitrogens with one attached hydrogen (secondary N) is 1. The highest BCUT2D eigenvalue weighted by Crippen LogP contribution is 2.43. The van der Waals surface area contributed by atoms with E-state index in [9.17, 15) is 27.5 Å². The third-order valence-corrected chi connectivity index (χ3v) is 5.78.